The van der Waals surface area contributed by atoms with Gasteiger partial charge in [0.25, 0.3) is 0 Å². The molecule has 1 amide bonds. The van der Waals surface area contributed by atoms with Gasteiger partial charge in [0.05, 0.1) is 6.07 Å². The fourth-order valence-corrected chi connectivity index (χ4v) is 3.17. The number of amides is 1. The molecule has 0 fully saturated rings. The Kier molecular flexibility index (Phi) is 12.8. The summed E-state index contributed by atoms with van der Waals surface area (Å²) in [5, 5.41) is 11.7. The monoisotopic (exact) mass is 401 g/mol. The Bertz CT molecular complexity index is 590. The van der Waals surface area contributed by atoms with Crippen molar-refractivity contribution in [2.45, 2.75) is 84.3 Å². The number of nitriles is 1. The van der Waals surface area contributed by atoms with Crippen molar-refractivity contribution in [3.8, 4) is 6.07 Å². The van der Waals surface area contributed by atoms with Crippen molar-refractivity contribution in [2.24, 2.45) is 0 Å². The molecule has 0 saturated heterocycles. The molecule has 0 radical (unpaired) electrons. The predicted octanol–water partition coefficient (Wildman–Crippen LogP) is 5.66. The average Bonchev–Trinajstić information content (AvgIpc) is 2.66. The Balaban J connectivity index is 2.04. The topological polar surface area (TPSA) is 65.4 Å². The van der Waals surface area contributed by atoms with E-state index in [1.54, 1.807) is 0 Å². The zero-order valence-electron chi connectivity index (χ0n) is 18.6. The number of unbranched alkanes of at least 4 members (excludes halogenated alkanes) is 6. The number of nitrogens with one attached hydrogen (secondary N) is 1. The third-order valence-corrected chi connectivity index (χ3v) is 4.61. The molecule has 29 heavy (non-hydrogen) atoms. The second kappa shape index (κ2) is 14.9. The number of benzene rings is 1. The van der Waals surface area contributed by atoms with Crippen molar-refractivity contribution in [2.75, 3.05) is 19.6 Å². The predicted molar refractivity (Wildman–Crippen MR) is 119 cm³/mol. The highest BCUT2D eigenvalue weighted by Gasteiger charge is 2.15. The summed E-state index contributed by atoms with van der Waals surface area (Å²) in [6, 6.07) is 12.7. The number of hydrogen-bond donors (Lipinski definition) is 1. The van der Waals surface area contributed by atoms with Crippen LogP contribution in [-0.2, 0) is 11.3 Å². The van der Waals surface area contributed by atoms with Gasteiger partial charge in [0, 0.05) is 26.1 Å². The van der Waals surface area contributed by atoms with Crippen LogP contribution in [0, 0.1) is 11.3 Å². The Labute approximate surface area is 177 Å². The van der Waals surface area contributed by atoms with Gasteiger partial charge >= 0.3 is 6.09 Å². The SMILES string of the molecule is CC(C)(C)OC(=O)NCCCCCCCCCN(CCC#N)Cc1ccccc1. The molecule has 162 valence electrons. The highest BCUT2D eigenvalue weighted by molar-refractivity contribution is 5.67. The maximum Gasteiger partial charge on any atom is 0.407 e. The van der Waals surface area contributed by atoms with Crippen molar-refractivity contribution in [1.82, 2.24) is 10.2 Å². The van der Waals surface area contributed by atoms with E-state index in [4.69, 9.17) is 10.00 Å². The van der Waals surface area contributed by atoms with Gasteiger partial charge in [-0.05, 0) is 45.7 Å². The Morgan fingerprint density at radius 1 is 1.00 bits per heavy atom. The van der Waals surface area contributed by atoms with Crippen molar-refractivity contribution in [1.29, 1.82) is 5.26 Å². The van der Waals surface area contributed by atoms with Crippen LogP contribution in [0.25, 0.3) is 0 Å². The summed E-state index contributed by atoms with van der Waals surface area (Å²) < 4.78 is 5.22. The summed E-state index contributed by atoms with van der Waals surface area (Å²) in [7, 11) is 0. The van der Waals surface area contributed by atoms with Crippen LogP contribution in [0.1, 0.15) is 77.7 Å². The number of nitrogens with zero attached hydrogens (tertiary/aromatic N) is 2. The molecule has 0 saturated carbocycles. The van der Waals surface area contributed by atoms with Crippen LogP contribution < -0.4 is 5.32 Å². The molecule has 1 aromatic carbocycles. The van der Waals surface area contributed by atoms with E-state index in [-0.39, 0.29) is 6.09 Å². The molecule has 0 unspecified atom stereocenters. The van der Waals surface area contributed by atoms with E-state index >= 15 is 0 Å². The normalized spacial score (nSPS) is 11.3. The first kappa shape index (κ1) is 25.0. The highest BCUT2D eigenvalue weighted by atomic mass is 16.6. The molecule has 1 rings (SSSR count). The van der Waals surface area contributed by atoms with Gasteiger partial charge in [-0.2, -0.15) is 5.26 Å². The maximum absolute atomic E-state index is 11.5. The maximum atomic E-state index is 11.5. The summed E-state index contributed by atoms with van der Waals surface area (Å²) >= 11 is 0. The summed E-state index contributed by atoms with van der Waals surface area (Å²) in [5.41, 5.74) is 0.875. The van der Waals surface area contributed by atoms with Crippen molar-refractivity contribution < 1.29 is 9.53 Å². The molecular weight excluding hydrogens is 362 g/mol. The first-order valence-corrected chi connectivity index (χ1v) is 11.0. The number of carbonyl (C=O) groups excluding carboxylic acids is 1. The number of rotatable bonds is 14. The Morgan fingerprint density at radius 3 is 2.24 bits per heavy atom. The largest absolute Gasteiger partial charge is 0.444 e. The standard InChI is InChI=1S/C24H39N3O2/c1-24(2,3)29-23(28)26-18-12-7-5-4-6-8-13-19-27(20-14-17-25)21-22-15-10-9-11-16-22/h9-11,15-16H,4-8,12-14,18-21H2,1-3H3,(H,26,28). The lowest BCUT2D eigenvalue weighted by Crippen LogP contribution is -2.32. The molecule has 0 aromatic heterocycles. The minimum Gasteiger partial charge on any atom is -0.444 e. The summed E-state index contributed by atoms with van der Waals surface area (Å²) in [4.78, 5) is 13.9. The molecular formula is C24H39N3O2. The second-order valence-electron chi connectivity index (χ2n) is 8.57. The van der Waals surface area contributed by atoms with E-state index in [0.29, 0.717) is 13.0 Å². The van der Waals surface area contributed by atoms with Gasteiger partial charge in [-0.3, -0.25) is 4.90 Å². The molecule has 0 aliphatic carbocycles. The van der Waals surface area contributed by atoms with Crippen LogP contribution in [0.2, 0.25) is 0 Å². The number of carbonyl (C=O) groups is 1. The van der Waals surface area contributed by atoms with Crippen LogP contribution in [0.5, 0.6) is 0 Å². The van der Waals surface area contributed by atoms with Crippen molar-refractivity contribution in [3.63, 3.8) is 0 Å². The minimum atomic E-state index is -0.435. The lowest BCUT2D eigenvalue weighted by molar-refractivity contribution is 0.0527. The van der Waals surface area contributed by atoms with Gasteiger partial charge in [0.1, 0.15) is 5.60 Å². The van der Waals surface area contributed by atoms with Gasteiger partial charge in [-0.25, -0.2) is 4.79 Å². The zero-order chi connectivity index (χ0) is 21.4. The Morgan fingerprint density at radius 2 is 1.62 bits per heavy atom. The van der Waals surface area contributed by atoms with Crippen LogP contribution in [0.4, 0.5) is 4.79 Å². The highest BCUT2D eigenvalue weighted by Crippen LogP contribution is 2.11. The fraction of sp³-hybridized carbons (Fsp3) is 0.667. The average molecular weight is 402 g/mol. The molecule has 5 nitrogen and oxygen atoms in total. The van der Waals surface area contributed by atoms with E-state index in [1.807, 2.05) is 26.8 Å². The van der Waals surface area contributed by atoms with Crippen LogP contribution >= 0.6 is 0 Å². The molecule has 0 heterocycles. The van der Waals surface area contributed by atoms with E-state index in [1.165, 1.54) is 37.7 Å². The lowest BCUT2D eigenvalue weighted by atomic mass is 10.1. The molecule has 5 heteroatoms. The number of alkyl carbamates (subject to hydrolysis) is 1. The van der Waals surface area contributed by atoms with Crippen LogP contribution in [0.3, 0.4) is 0 Å². The van der Waals surface area contributed by atoms with Gasteiger partial charge in [-0.15, -0.1) is 0 Å². The molecule has 0 aliphatic rings. The van der Waals surface area contributed by atoms with Crippen LogP contribution in [0.15, 0.2) is 30.3 Å². The van der Waals surface area contributed by atoms with Gasteiger partial charge in [-0.1, -0.05) is 62.4 Å². The van der Waals surface area contributed by atoms with E-state index in [9.17, 15) is 4.79 Å². The molecule has 0 aliphatic heterocycles. The third-order valence-electron chi connectivity index (χ3n) is 4.61. The van der Waals surface area contributed by atoms with E-state index in [0.717, 1.165) is 32.5 Å². The van der Waals surface area contributed by atoms with Crippen molar-refractivity contribution >= 4 is 6.09 Å². The summed E-state index contributed by atoms with van der Waals surface area (Å²) in [5.74, 6) is 0. The molecule has 1 N–H and O–H groups in total. The summed E-state index contributed by atoms with van der Waals surface area (Å²) in [6.45, 7) is 9.12. The van der Waals surface area contributed by atoms with Gasteiger partial charge in [0.2, 0.25) is 0 Å². The molecule has 0 spiro atoms. The number of ether oxygens (including phenoxy) is 1. The van der Waals surface area contributed by atoms with Gasteiger partial charge in [0.15, 0.2) is 0 Å². The minimum absolute atomic E-state index is 0.325. The van der Waals surface area contributed by atoms with Crippen LogP contribution in [-0.4, -0.2) is 36.2 Å². The smallest absolute Gasteiger partial charge is 0.407 e. The molecule has 0 atom stereocenters. The van der Waals surface area contributed by atoms with E-state index < -0.39 is 5.60 Å². The lowest BCUT2D eigenvalue weighted by Gasteiger charge is -2.21. The molecule has 1 aromatic rings. The first-order chi connectivity index (χ1) is 13.9. The third kappa shape index (κ3) is 14.6. The quantitative estimate of drug-likeness (QED) is 0.409. The molecule has 0 bridgehead atoms. The zero-order valence-corrected chi connectivity index (χ0v) is 18.6. The second-order valence-corrected chi connectivity index (χ2v) is 8.57. The summed E-state index contributed by atoms with van der Waals surface area (Å²) in [6.07, 6.45) is 8.50. The van der Waals surface area contributed by atoms with Gasteiger partial charge < -0.3 is 10.1 Å². The Hall–Kier alpha value is -2.06. The van der Waals surface area contributed by atoms with E-state index in [2.05, 4.69) is 40.6 Å². The van der Waals surface area contributed by atoms with Crippen molar-refractivity contribution in [3.05, 3.63) is 35.9 Å². The first-order valence-electron chi connectivity index (χ1n) is 11.0. The number of hydrogen-bond acceptors (Lipinski definition) is 4. The fourth-order valence-electron chi connectivity index (χ4n) is 3.17.